The van der Waals surface area contributed by atoms with Crippen LogP contribution in [-0.2, 0) is 4.79 Å². The number of fused-ring (bicyclic) bond motifs is 1. The summed E-state index contributed by atoms with van der Waals surface area (Å²) in [4.78, 5) is 21.2. The molecular formula is C17H28N4O2S. The van der Waals surface area contributed by atoms with Gasteiger partial charge in [0.15, 0.2) is 0 Å². The number of carbonyl (C=O) groups is 1. The van der Waals surface area contributed by atoms with Gasteiger partial charge in [0.2, 0.25) is 11.8 Å². The van der Waals surface area contributed by atoms with E-state index in [0.717, 1.165) is 44.6 Å². The zero-order valence-corrected chi connectivity index (χ0v) is 15.7. The lowest BCUT2D eigenvalue weighted by Gasteiger charge is -2.46. The second kappa shape index (κ2) is 7.76. The van der Waals surface area contributed by atoms with Crippen LogP contribution in [0.2, 0.25) is 0 Å². The number of nitrogens with zero attached hydrogens (tertiary/aromatic N) is 4. The Kier molecular flexibility index (Phi) is 5.69. The molecular weight excluding hydrogens is 324 g/mol. The Bertz CT molecular complexity index is 563. The fourth-order valence-electron chi connectivity index (χ4n) is 3.79. The number of amides is 1. The second-order valence-electron chi connectivity index (χ2n) is 7.12. The van der Waals surface area contributed by atoms with Crippen LogP contribution < -0.4 is 4.90 Å². The van der Waals surface area contributed by atoms with Gasteiger partial charge in [0, 0.05) is 38.0 Å². The largest absolute Gasteiger partial charge is 0.339 e. The molecule has 1 aromatic heterocycles. The van der Waals surface area contributed by atoms with Gasteiger partial charge in [0.05, 0.1) is 0 Å². The maximum Gasteiger partial charge on any atom is 0.266 e. The Balaban J connectivity index is 1.64. The summed E-state index contributed by atoms with van der Waals surface area (Å²) in [6.45, 7) is 6.84. The molecule has 0 saturated carbocycles. The van der Waals surface area contributed by atoms with Gasteiger partial charge < -0.3 is 14.3 Å². The molecule has 2 atom stereocenters. The summed E-state index contributed by atoms with van der Waals surface area (Å²) in [5.41, 5.74) is 0. The molecule has 2 saturated heterocycles. The van der Waals surface area contributed by atoms with Crippen molar-refractivity contribution in [3.05, 3.63) is 5.89 Å². The van der Waals surface area contributed by atoms with E-state index >= 15 is 0 Å². The maximum atomic E-state index is 12.3. The molecule has 3 rings (SSSR count). The van der Waals surface area contributed by atoms with E-state index in [0.29, 0.717) is 36.1 Å². The lowest BCUT2D eigenvalue weighted by atomic mass is 9.83. The first kappa shape index (κ1) is 17.6. The standard InChI is InChI=1S/C17H28N4O2S/c1-12(2)16-18-17(19-23-16)20-9-7-14-13(11-20)5-6-15(22)21(14)8-4-10-24-3/h12-14H,4-11H2,1-3H3/t13-,14+/m0/s1. The first-order valence-electron chi connectivity index (χ1n) is 8.97. The van der Waals surface area contributed by atoms with Gasteiger partial charge in [-0.3, -0.25) is 4.79 Å². The highest BCUT2D eigenvalue weighted by molar-refractivity contribution is 7.98. The van der Waals surface area contributed by atoms with E-state index in [1.807, 2.05) is 11.8 Å². The summed E-state index contributed by atoms with van der Waals surface area (Å²) in [6, 6.07) is 0.390. The molecule has 1 amide bonds. The summed E-state index contributed by atoms with van der Waals surface area (Å²) in [5.74, 6) is 3.64. The molecule has 0 bridgehead atoms. The molecule has 1 aromatic rings. The Labute approximate surface area is 148 Å². The zero-order valence-electron chi connectivity index (χ0n) is 14.9. The molecule has 0 aromatic carbocycles. The quantitative estimate of drug-likeness (QED) is 0.734. The van der Waals surface area contributed by atoms with Gasteiger partial charge in [-0.05, 0) is 42.3 Å². The molecule has 0 aliphatic carbocycles. The number of likely N-dealkylation sites (tertiary alicyclic amines) is 1. The Morgan fingerprint density at radius 3 is 2.92 bits per heavy atom. The molecule has 2 fully saturated rings. The van der Waals surface area contributed by atoms with Gasteiger partial charge in [-0.2, -0.15) is 16.7 Å². The lowest BCUT2D eigenvalue weighted by molar-refractivity contribution is -0.139. The number of carbonyl (C=O) groups excluding carboxylic acids is 1. The summed E-state index contributed by atoms with van der Waals surface area (Å²) in [7, 11) is 0. The van der Waals surface area contributed by atoms with Crippen LogP contribution in [0.25, 0.3) is 0 Å². The van der Waals surface area contributed by atoms with E-state index in [9.17, 15) is 4.79 Å². The monoisotopic (exact) mass is 352 g/mol. The predicted molar refractivity (Wildman–Crippen MR) is 96.4 cm³/mol. The predicted octanol–water partition coefficient (Wildman–Crippen LogP) is 2.76. The highest BCUT2D eigenvalue weighted by atomic mass is 32.2. The normalized spacial score (nSPS) is 24.6. The average Bonchev–Trinajstić information content (AvgIpc) is 3.07. The Morgan fingerprint density at radius 1 is 1.38 bits per heavy atom. The number of aromatic nitrogens is 2. The summed E-state index contributed by atoms with van der Waals surface area (Å²) < 4.78 is 5.35. The Hall–Kier alpha value is -1.24. The van der Waals surface area contributed by atoms with Gasteiger partial charge in [-0.25, -0.2) is 0 Å². The van der Waals surface area contributed by atoms with Crippen molar-refractivity contribution in [3.63, 3.8) is 0 Å². The molecule has 0 N–H and O–H groups in total. The van der Waals surface area contributed by atoms with Gasteiger partial charge >= 0.3 is 0 Å². The summed E-state index contributed by atoms with van der Waals surface area (Å²) in [6.07, 6.45) is 5.87. The maximum absolute atomic E-state index is 12.3. The molecule has 6 nitrogen and oxygen atoms in total. The van der Waals surface area contributed by atoms with Crippen LogP contribution in [0.1, 0.15) is 51.3 Å². The van der Waals surface area contributed by atoms with Crippen molar-refractivity contribution >= 4 is 23.6 Å². The third-order valence-electron chi connectivity index (χ3n) is 5.10. The van der Waals surface area contributed by atoms with Gasteiger partial charge in [-0.15, -0.1) is 0 Å². The molecule has 0 unspecified atom stereocenters. The molecule has 3 heterocycles. The molecule has 134 valence electrons. The first-order valence-corrected chi connectivity index (χ1v) is 10.4. The minimum Gasteiger partial charge on any atom is -0.339 e. The van der Waals surface area contributed by atoms with Crippen LogP contribution in [0.4, 0.5) is 5.95 Å². The van der Waals surface area contributed by atoms with Crippen molar-refractivity contribution < 1.29 is 9.32 Å². The fourth-order valence-corrected chi connectivity index (χ4v) is 4.21. The minimum atomic E-state index is 0.253. The fraction of sp³-hybridized carbons (Fsp3) is 0.824. The van der Waals surface area contributed by atoms with Crippen LogP contribution in [0.15, 0.2) is 4.52 Å². The van der Waals surface area contributed by atoms with Crippen molar-refractivity contribution in [2.75, 3.05) is 36.5 Å². The van der Waals surface area contributed by atoms with Crippen molar-refractivity contribution in [1.82, 2.24) is 15.0 Å². The minimum absolute atomic E-state index is 0.253. The topological polar surface area (TPSA) is 62.5 Å². The van der Waals surface area contributed by atoms with Crippen molar-refractivity contribution in [1.29, 1.82) is 0 Å². The van der Waals surface area contributed by atoms with Crippen LogP contribution in [0.3, 0.4) is 0 Å². The summed E-state index contributed by atoms with van der Waals surface area (Å²) >= 11 is 1.85. The number of thioether (sulfide) groups is 1. The molecule has 24 heavy (non-hydrogen) atoms. The van der Waals surface area contributed by atoms with Crippen LogP contribution in [-0.4, -0.2) is 58.6 Å². The molecule has 0 radical (unpaired) electrons. The smallest absolute Gasteiger partial charge is 0.266 e. The van der Waals surface area contributed by atoms with Crippen LogP contribution in [0, 0.1) is 5.92 Å². The second-order valence-corrected chi connectivity index (χ2v) is 8.11. The SMILES string of the molecule is CSCCCN1C(=O)CC[C@H]2CN(c3noc(C(C)C)n3)CC[C@H]21. The highest BCUT2D eigenvalue weighted by Gasteiger charge is 2.39. The van der Waals surface area contributed by atoms with Gasteiger partial charge in [0.25, 0.3) is 5.95 Å². The van der Waals surface area contributed by atoms with E-state index in [4.69, 9.17) is 4.52 Å². The summed E-state index contributed by atoms with van der Waals surface area (Å²) in [5, 5.41) is 4.15. The number of piperidine rings is 2. The van der Waals surface area contributed by atoms with Crippen LogP contribution >= 0.6 is 11.8 Å². The highest BCUT2D eigenvalue weighted by Crippen LogP contribution is 2.33. The zero-order chi connectivity index (χ0) is 17.1. The van der Waals surface area contributed by atoms with E-state index < -0.39 is 0 Å². The Morgan fingerprint density at radius 2 is 2.21 bits per heavy atom. The molecule has 2 aliphatic rings. The third kappa shape index (κ3) is 3.71. The van der Waals surface area contributed by atoms with E-state index in [2.05, 4.69) is 40.0 Å². The van der Waals surface area contributed by atoms with Gasteiger partial charge in [0.1, 0.15) is 0 Å². The molecule has 0 spiro atoms. The first-order chi connectivity index (χ1) is 11.6. The van der Waals surface area contributed by atoms with Crippen molar-refractivity contribution in [2.45, 2.75) is 51.5 Å². The van der Waals surface area contributed by atoms with E-state index in [-0.39, 0.29) is 5.92 Å². The number of hydrogen-bond donors (Lipinski definition) is 0. The van der Waals surface area contributed by atoms with Crippen molar-refractivity contribution in [2.24, 2.45) is 5.92 Å². The lowest BCUT2D eigenvalue weighted by Crippen LogP contribution is -2.56. The third-order valence-corrected chi connectivity index (χ3v) is 5.80. The number of hydrogen-bond acceptors (Lipinski definition) is 6. The number of rotatable bonds is 6. The molecule has 2 aliphatic heterocycles. The molecule has 7 heteroatoms. The average molecular weight is 353 g/mol. The number of anilines is 1. The van der Waals surface area contributed by atoms with Crippen LogP contribution in [0.5, 0.6) is 0 Å². The van der Waals surface area contributed by atoms with Gasteiger partial charge in [-0.1, -0.05) is 13.8 Å². The van der Waals surface area contributed by atoms with Crippen molar-refractivity contribution in [3.8, 4) is 0 Å². The van der Waals surface area contributed by atoms with E-state index in [1.165, 1.54) is 0 Å². The van der Waals surface area contributed by atoms with E-state index in [1.54, 1.807) is 0 Å².